The summed E-state index contributed by atoms with van der Waals surface area (Å²) in [5.74, 6) is -0.231. The van der Waals surface area contributed by atoms with Crippen LogP contribution in [0.4, 0.5) is 9.52 Å². The van der Waals surface area contributed by atoms with Gasteiger partial charge in [0, 0.05) is 41.2 Å². The van der Waals surface area contributed by atoms with Crippen LogP contribution in [-0.4, -0.2) is 53.3 Å². The fourth-order valence-corrected chi connectivity index (χ4v) is 6.47. The largest absolute Gasteiger partial charge is 0.497 e. The van der Waals surface area contributed by atoms with Crippen LogP contribution in [0, 0.1) is 5.82 Å². The summed E-state index contributed by atoms with van der Waals surface area (Å²) in [5.41, 5.74) is 0.565. The summed E-state index contributed by atoms with van der Waals surface area (Å²) in [6.07, 6.45) is 1.22. The second-order valence-electron chi connectivity index (χ2n) is 7.66. The number of methoxy groups -OCH3 is 2. The third-order valence-corrected chi connectivity index (χ3v) is 8.42. The summed E-state index contributed by atoms with van der Waals surface area (Å²) in [5, 5.41) is 0.00389. The highest BCUT2D eigenvalue weighted by Crippen LogP contribution is 2.40. The van der Waals surface area contributed by atoms with E-state index in [9.17, 15) is 16.8 Å². The molecule has 0 radical (unpaired) electrons. The van der Waals surface area contributed by atoms with E-state index in [0.29, 0.717) is 17.1 Å². The molecule has 0 N–H and O–H groups in total. The summed E-state index contributed by atoms with van der Waals surface area (Å²) in [6.45, 7) is -0.191. The van der Waals surface area contributed by atoms with Gasteiger partial charge in [0.05, 0.1) is 33.6 Å². The van der Waals surface area contributed by atoms with E-state index in [1.165, 1.54) is 20.5 Å². The van der Waals surface area contributed by atoms with Gasteiger partial charge in [-0.1, -0.05) is 0 Å². The molecule has 36 heavy (non-hydrogen) atoms. The molecule has 2 aromatic carbocycles. The van der Waals surface area contributed by atoms with Gasteiger partial charge in [-0.15, -0.1) is 0 Å². The molecule has 194 valence electrons. The van der Waals surface area contributed by atoms with Gasteiger partial charge in [-0.2, -0.15) is 12.8 Å². The Balaban J connectivity index is 1.78. The number of nitrogens with zero attached hydrogens (tertiary/aromatic N) is 3. The van der Waals surface area contributed by atoms with E-state index in [-0.39, 0.29) is 36.0 Å². The smallest absolute Gasteiger partial charge is 0.269 e. The number of sulfonamides is 1. The van der Waals surface area contributed by atoms with Gasteiger partial charge in [-0.25, -0.2) is 22.1 Å². The highest BCUT2D eigenvalue weighted by Gasteiger charge is 2.35. The van der Waals surface area contributed by atoms with E-state index in [1.54, 1.807) is 18.2 Å². The first-order chi connectivity index (χ1) is 17.0. The van der Waals surface area contributed by atoms with Crippen LogP contribution in [0.1, 0.15) is 23.7 Å². The van der Waals surface area contributed by atoms with Crippen LogP contribution < -0.4 is 18.5 Å². The summed E-state index contributed by atoms with van der Waals surface area (Å²) in [7, 11) is -5.47. The van der Waals surface area contributed by atoms with Gasteiger partial charge in [-0.05, 0) is 18.2 Å². The predicted octanol–water partition coefficient (Wildman–Crippen LogP) is 2.89. The number of aromatic nitrogens is 2. The van der Waals surface area contributed by atoms with Crippen LogP contribution in [0.2, 0.25) is 0 Å². The average Bonchev–Trinajstić information content (AvgIpc) is 3.36. The molecule has 1 atom stereocenters. The van der Waals surface area contributed by atoms with Gasteiger partial charge in [0.1, 0.15) is 40.4 Å². The number of ether oxygens (including phenoxy) is 3. The Bertz CT molecular complexity index is 1460. The Morgan fingerprint density at radius 2 is 1.94 bits per heavy atom. The first kappa shape index (κ1) is 26.1. The minimum Gasteiger partial charge on any atom is -0.497 e. The Hall–Kier alpha value is -3.01. The molecular formula is C21H22FN3O8S3. The number of halogens is 1. The van der Waals surface area contributed by atoms with Gasteiger partial charge < -0.3 is 14.2 Å². The van der Waals surface area contributed by atoms with Crippen LogP contribution in [0.15, 0.2) is 41.6 Å². The normalized spacial score (nSPS) is 15.6. The molecule has 0 saturated heterocycles. The van der Waals surface area contributed by atoms with Gasteiger partial charge in [0.15, 0.2) is 0 Å². The maximum absolute atomic E-state index is 15.3. The van der Waals surface area contributed by atoms with Crippen molar-refractivity contribution in [3.8, 4) is 17.2 Å². The topological polar surface area (TPSA) is 134 Å². The van der Waals surface area contributed by atoms with Crippen molar-refractivity contribution in [2.75, 3.05) is 31.4 Å². The molecule has 0 bridgehead atoms. The Morgan fingerprint density at radius 1 is 1.17 bits per heavy atom. The third kappa shape index (κ3) is 5.38. The highest BCUT2D eigenvalue weighted by atomic mass is 32.2. The fraction of sp³-hybridized carbons (Fsp3) is 0.333. The fourth-order valence-electron chi connectivity index (χ4n) is 3.66. The monoisotopic (exact) mass is 559 g/mol. The van der Waals surface area contributed by atoms with Crippen molar-refractivity contribution < 1.29 is 39.6 Å². The zero-order chi connectivity index (χ0) is 26.1. The maximum atomic E-state index is 15.3. The molecule has 1 aliphatic rings. The number of fused-ring (bicyclic) bond motifs is 1. The zero-order valence-corrected chi connectivity index (χ0v) is 21.8. The van der Waals surface area contributed by atoms with Crippen LogP contribution in [-0.2, 0) is 30.9 Å². The first-order valence-electron chi connectivity index (χ1n) is 10.4. The lowest BCUT2D eigenvalue weighted by molar-refractivity contribution is 0.142. The molecule has 1 aliphatic heterocycles. The van der Waals surface area contributed by atoms with Gasteiger partial charge in [-0.3, -0.25) is 4.18 Å². The Kier molecular flexibility index (Phi) is 7.36. The second kappa shape index (κ2) is 10.2. The standard InChI is InChI=1S/C21H22FN3O8S3/c1-30-14-5-4-13(18(8-14)31-2)11-25(21-23-12-24-34-21)36(28,29)20-10-19-15(9-16(20)22)17(6-7-32-19)33-35(3,26)27/h4-5,8-10,12,17H,6-7,11H2,1-3H3. The molecule has 0 spiro atoms. The molecular weight excluding hydrogens is 537 g/mol. The van der Waals surface area contributed by atoms with Gasteiger partial charge >= 0.3 is 0 Å². The van der Waals surface area contributed by atoms with E-state index in [2.05, 4.69) is 9.36 Å². The van der Waals surface area contributed by atoms with Crippen LogP contribution in [0.25, 0.3) is 0 Å². The summed E-state index contributed by atoms with van der Waals surface area (Å²) < 4.78 is 92.0. The molecule has 15 heteroatoms. The first-order valence-corrected chi connectivity index (χ1v) is 14.4. The average molecular weight is 560 g/mol. The van der Waals surface area contributed by atoms with Crippen molar-refractivity contribution in [3.63, 3.8) is 0 Å². The Morgan fingerprint density at radius 3 is 2.58 bits per heavy atom. The number of anilines is 1. The molecule has 11 nitrogen and oxygen atoms in total. The minimum absolute atomic E-state index is 0.00389. The van der Waals surface area contributed by atoms with Crippen molar-refractivity contribution in [1.29, 1.82) is 0 Å². The number of rotatable bonds is 9. The molecule has 1 unspecified atom stereocenters. The van der Waals surface area contributed by atoms with E-state index < -0.39 is 37.0 Å². The predicted molar refractivity (Wildman–Crippen MR) is 128 cm³/mol. The van der Waals surface area contributed by atoms with Crippen molar-refractivity contribution in [2.45, 2.75) is 24.0 Å². The van der Waals surface area contributed by atoms with Crippen LogP contribution in [0.3, 0.4) is 0 Å². The quantitative estimate of drug-likeness (QED) is 0.360. The number of hydrogen-bond acceptors (Lipinski definition) is 11. The van der Waals surface area contributed by atoms with Crippen molar-refractivity contribution in [1.82, 2.24) is 9.36 Å². The van der Waals surface area contributed by atoms with E-state index in [0.717, 1.165) is 34.2 Å². The SMILES string of the molecule is COc1ccc(CN(c2ncns2)S(=O)(=O)c2cc3c(cc2F)C(OS(C)(=O)=O)CCO3)c(OC)c1. The van der Waals surface area contributed by atoms with Crippen LogP contribution >= 0.6 is 11.5 Å². The molecule has 0 fully saturated rings. The summed E-state index contributed by atoms with van der Waals surface area (Å²) in [6, 6.07) is 6.80. The molecule has 0 saturated carbocycles. The summed E-state index contributed by atoms with van der Waals surface area (Å²) >= 11 is 0.814. The molecule has 2 heterocycles. The third-order valence-electron chi connectivity index (χ3n) is 5.28. The lowest BCUT2D eigenvalue weighted by atomic mass is 10.0. The molecule has 4 rings (SSSR count). The molecule has 0 aliphatic carbocycles. The molecule has 0 amide bonds. The van der Waals surface area contributed by atoms with Crippen molar-refractivity contribution >= 4 is 36.8 Å². The van der Waals surface area contributed by atoms with Crippen molar-refractivity contribution in [3.05, 3.63) is 53.6 Å². The lowest BCUT2D eigenvalue weighted by Gasteiger charge is -2.27. The Labute approximate surface area is 211 Å². The zero-order valence-electron chi connectivity index (χ0n) is 19.4. The van der Waals surface area contributed by atoms with E-state index in [1.807, 2.05) is 0 Å². The van der Waals surface area contributed by atoms with Gasteiger partial charge in [0.2, 0.25) is 5.13 Å². The second-order valence-corrected chi connectivity index (χ2v) is 11.8. The van der Waals surface area contributed by atoms with E-state index in [4.69, 9.17) is 18.4 Å². The van der Waals surface area contributed by atoms with Crippen molar-refractivity contribution in [2.24, 2.45) is 0 Å². The van der Waals surface area contributed by atoms with Crippen LogP contribution in [0.5, 0.6) is 17.2 Å². The lowest BCUT2D eigenvalue weighted by Crippen LogP contribution is -2.31. The maximum Gasteiger partial charge on any atom is 0.269 e. The summed E-state index contributed by atoms with van der Waals surface area (Å²) in [4.78, 5) is 3.33. The number of benzene rings is 2. The number of hydrogen-bond donors (Lipinski definition) is 0. The van der Waals surface area contributed by atoms with Gasteiger partial charge in [0.25, 0.3) is 20.1 Å². The molecule has 1 aromatic heterocycles. The highest BCUT2D eigenvalue weighted by molar-refractivity contribution is 7.93. The molecule has 3 aromatic rings. The minimum atomic E-state index is -4.54. The van der Waals surface area contributed by atoms with E-state index >= 15 is 4.39 Å².